The molecular weight excluding hydrogens is 274 g/mol. The van der Waals surface area contributed by atoms with Gasteiger partial charge in [0.1, 0.15) is 0 Å². The molecule has 2 rings (SSSR count). The van der Waals surface area contributed by atoms with Crippen molar-refractivity contribution in [3.8, 4) is 0 Å². The Bertz CT molecular complexity index is 705. The molecule has 1 aromatic heterocycles. The molecular formula is C14H19N3O2S. The third-order valence-electron chi connectivity index (χ3n) is 3.02. The predicted octanol–water partition coefficient (Wildman–Crippen LogP) is 2.78. The van der Waals surface area contributed by atoms with E-state index < -0.39 is 10.0 Å². The number of hydrogen-bond acceptors (Lipinski definition) is 3. The summed E-state index contributed by atoms with van der Waals surface area (Å²) in [5.41, 5.74) is 2.54. The van der Waals surface area contributed by atoms with E-state index in [0.29, 0.717) is 11.4 Å². The molecule has 0 bridgehead atoms. The van der Waals surface area contributed by atoms with Gasteiger partial charge in [0.2, 0.25) is 0 Å². The van der Waals surface area contributed by atoms with Crippen molar-refractivity contribution >= 4 is 15.8 Å². The van der Waals surface area contributed by atoms with E-state index in [-0.39, 0.29) is 4.90 Å². The van der Waals surface area contributed by atoms with Crippen molar-refractivity contribution in [1.82, 2.24) is 10.2 Å². The van der Waals surface area contributed by atoms with Gasteiger partial charge in [-0.25, -0.2) is 8.42 Å². The summed E-state index contributed by atoms with van der Waals surface area (Å²) in [5.74, 6) is 0.328. The molecule has 0 unspecified atom stereocenters. The molecule has 2 aromatic rings. The number of hydrogen-bond donors (Lipinski definition) is 2. The molecule has 108 valence electrons. The molecule has 0 aliphatic heterocycles. The molecule has 0 spiro atoms. The topological polar surface area (TPSA) is 74.8 Å². The minimum absolute atomic E-state index is 0.289. The number of nitrogens with zero attached hydrogens (tertiary/aromatic N) is 1. The second-order valence-corrected chi connectivity index (χ2v) is 6.55. The molecule has 0 aliphatic rings. The summed E-state index contributed by atoms with van der Waals surface area (Å²) in [4.78, 5) is 0.289. The van der Waals surface area contributed by atoms with Crippen LogP contribution in [0.2, 0.25) is 0 Å². The lowest BCUT2D eigenvalue weighted by atomic mass is 10.2. The zero-order chi connectivity index (χ0) is 14.8. The molecule has 2 N–H and O–H groups in total. The lowest BCUT2D eigenvalue weighted by Crippen LogP contribution is -2.14. The van der Waals surface area contributed by atoms with E-state index in [0.717, 1.165) is 24.1 Å². The normalized spacial score (nSPS) is 11.6. The van der Waals surface area contributed by atoms with E-state index >= 15 is 0 Å². The second-order valence-electron chi connectivity index (χ2n) is 4.90. The lowest BCUT2D eigenvalue weighted by Gasteiger charge is -2.09. The van der Waals surface area contributed by atoms with Gasteiger partial charge in [-0.3, -0.25) is 9.82 Å². The van der Waals surface area contributed by atoms with Crippen LogP contribution in [0.5, 0.6) is 0 Å². The van der Waals surface area contributed by atoms with E-state index in [1.807, 2.05) is 13.0 Å². The third-order valence-corrected chi connectivity index (χ3v) is 4.52. The van der Waals surface area contributed by atoms with Crippen LogP contribution in [0.3, 0.4) is 0 Å². The summed E-state index contributed by atoms with van der Waals surface area (Å²) in [6.07, 6.45) is 1.82. The van der Waals surface area contributed by atoms with E-state index in [9.17, 15) is 8.42 Å². The summed E-state index contributed by atoms with van der Waals surface area (Å²) >= 11 is 0. The Hall–Kier alpha value is -1.82. The van der Waals surface area contributed by atoms with Crippen LogP contribution in [0, 0.1) is 13.8 Å². The molecule has 0 saturated heterocycles. The van der Waals surface area contributed by atoms with Crippen LogP contribution in [0.4, 0.5) is 5.82 Å². The summed E-state index contributed by atoms with van der Waals surface area (Å²) in [6, 6.07) is 7.09. The predicted molar refractivity (Wildman–Crippen MR) is 79.3 cm³/mol. The molecule has 0 atom stereocenters. The van der Waals surface area contributed by atoms with E-state index in [4.69, 9.17) is 0 Å². The van der Waals surface area contributed by atoms with Crippen molar-refractivity contribution in [3.05, 3.63) is 41.1 Å². The minimum Gasteiger partial charge on any atom is -0.280 e. The van der Waals surface area contributed by atoms with E-state index in [1.165, 1.54) is 0 Å². The van der Waals surface area contributed by atoms with Crippen LogP contribution in [-0.2, 0) is 16.4 Å². The van der Waals surface area contributed by atoms with Gasteiger partial charge < -0.3 is 0 Å². The van der Waals surface area contributed by atoms with Crippen molar-refractivity contribution in [2.24, 2.45) is 0 Å². The van der Waals surface area contributed by atoms with Crippen LogP contribution in [0.1, 0.15) is 30.2 Å². The zero-order valence-corrected chi connectivity index (χ0v) is 12.7. The lowest BCUT2D eigenvalue weighted by molar-refractivity contribution is 0.600. The van der Waals surface area contributed by atoms with Crippen molar-refractivity contribution in [1.29, 1.82) is 0 Å². The summed E-state index contributed by atoms with van der Waals surface area (Å²) in [7, 11) is -3.60. The smallest absolute Gasteiger partial charge is 0.263 e. The Labute approximate surface area is 119 Å². The largest absolute Gasteiger partial charge is 0.280 e. The number of sulfonamides is 1. The number of aromatic nitrogens is 2. The van der Waals surface area contributed by atoms with Crippen LogP contribution in [0.25, 0.3) is 0 Å². The quantitative estimate of drug-likeness (QED) is 0.890. The van der Waals surface area contributed by atoms with Crippen LogP contribution in [-0.4, -0.2) is 18.6 Å². The molecule has 5 nitrogen and oxygen atoms in total. The molecule has 0 fully saturated rings. The maximum absolute atomic E-state index is 12.4. The van der Waals surface area contributed by atoms with Gasteiger partial charge in [-0.05, 0) is 37.5 Å². The number of nitrogens with one attached hydrogen (secondary N) is 2. The molecule has 0 saturated carbocycles. The molecule has 6 heteroatoms. The fourth-order valence-electron chi connectivity index (χ4n) is 2.00. The van der Waals surface area contributed by atoms with Gasteiger partial charge in [-0.2, -0.15) is 5.10 Å². The Balaban J connectivity index is 2.28. The Morgan fingerprint density at radius 1 is 1.25 bits per heavy atom. The van der Waals surface area contributed by atoms with Crippen LogP contribution in [0.15, 0.2) is 29.2 Å². The van der Waals surface area contributed by atoms with Gasteiger partial charge >= 0.3 is 0 Å². The minimum atomic E-state index is -3.60. The van der Waals surface area contributed by atoms with Gasteiger partial charge in [0, 0.05) is 11.8 Å². The number of H-pyrrole nitrogens is 1. The van der Waals surface area contributed by atoms with Crippen molar-refractivity contribution in [2.45, 2.75) is 38.5 Å². The van der Waals surface area contributed by atoms with Crippen molar-refractivity contribution < 1.29 is 8.42 Å². The summed E-state index contributed by atoms with van der Waals surface area (Å²) in [6.45, 7) is 5.70. The van der Waals surface area contributed by atoms with Gasteiger partial charge in [-0.15, -0.1) is 0 Å². The Kier molecular flexibility index (Phi) is 4.13. The number of anilines is 1. The molecule has 0 aliphatic carbocycles. The average Bonchev–Trinajstić information content (AvgIpc) is 2.79. The monoisotopic (exact) mass is 293 g/mol. The molecule has 0 amide bonds. The fraction of sp³-hybridized carbons (Fsp3) is 0.357. The second kappa shape index (κ2) is 5.66. The number of rotatable bonds is 5. The fourth-order valence-corrected chi connectivity index (χ4v) is 3.32. The maximum atomic E-state index is 12.4. The van der Waals surface area contributed by atoms with Gasteiger partial charge in [0.05, 0.1) is 4.90 Å². The van der Waals surface area contributed by atoms with E-state index in [1.54, 1.807) is 25.1 Å². The van der Waals surface area contributed by atoms with Gasteiger partial charge in [0.15, 0.2) is 5.82 Å². The number of aryl methyl sites for hydroxylation is 3. The molecule has 1 heterocycles. The highest BCUT2D eigenvalue weighted by Gasteiger charge is 2.18. The first-order valence-corrected chi connectivity index (χ1v) is 8.05. The summed E-state index contributed by atoms with van der Waals surface area (Å²) in [5, 5.41) is 6.81. The first kappa shape index (κ1) is 14.6. The highest BCUT2D eigenvalue weighted by atomic mass is 32.2. The van der Waals surface area contributed by atoms with Crippen LogP contribution < -0.4 is 4.72 Å². The molecule has 20 heavy (non-hydrogen) atoms. The Morgan fingerprint density at radius 2 is 2.00 bits per heavy atom. The standard InChI is InChI=1S/C14H19N3O2S/c1-4-5-12-9-14(16-15-12)17-20(18,19)13-8-10(2)6-7-11(13)3/h6-9H,4-5H2,1-3H3,(H2,15,16,17). The average molecular weight is 293 g/mol. The van der Waals surface area contributed by atoms with Crippen molar-refractivity contribution in [3.63, 3.8) is 0 Å². The molecule has 1 aromatic carbocycles. The first-order valence-electron chi connectivity index (χ1n) is 6.56. The number of benzene rings is 1. The van der Waals surface area contributed by atoms with Gasteiger partial charge in [-0.1, -0.05) is 25.5 Å². The van der Waals surface area contributed by atoms with E-state index in [2.05, 4.69) is 21.8 Å². The first-order chi connectivity index (χ1) is 9.42. The highest BCUT2D eigenvalue weighted by molar-refractivity contribution is 7.92. The third kappa shape index (κ3) is 3.19. The maximum Gasteiger partial charge on any atom is 0.263 e. The SMILES string of the molecule is CCCc1cc(NS(=O)(=O)c2cc(C)ccc2C)n[nH]1. The highest BCUT2D eigenvalue weighted by Crippen LogP contribution is 2.20. The number of aromatic amines is 1. The van der Waals surface area contributed by atoms with Crippen LogP contribution >= 0.6 is 0 Å². The zero-order valence-electron chi connectivity index (χ0n) is 11.9. The Morgan fingerprint density at radius 3 is 2.70 bits per heavy atom. The van der Waals surface area contributed by atoms with Gasteiger partial charge in [0.25, 0.3) is 10.0 Å². The molecule has 0 radical (unpaired) electrons. The summed E-state index contributed by atoms with van der Waals surface area (Å²) < 4.78 is 27.3. The van der Waals surface area contributed by atoms with Crippen molar-refractivity contribution in [2.75, 3.05) is 4.72 Å².